The van der Waals surface area contributed by atoms with Gasteiger partial charge < -0.3 is 5.32 Å². The van der Waals surface area contributed by atoms with Crippen molar-refractivity contribution >= 4 is 5.91 Å². The minimum atomic E-state index is -0.126. The largest absolute Gasteiger partial charge is 0.348 e. The average molecular weight is 217 g/mol. The molecule has 0 spiro atoms. The monoisotopic (exact) mass is 217 g/mol. The number of carbonyl (C=O) groups excluding carboxylic acids is 1. The summed E-state index contributed by atoms with van der Waals surface area (Å²) in [6, 6.07) is 8.21. The zero-order valence-electron chi connectivity index (χ0n) is 9.99. The second kappa shape index (κ2) is 6.11. The van der Waals surface area contributed by atoms with Gasteiger partial charge in [0.25, 0.3) is 0 Å². The summed E-state index contributed by atoms with van der Waals surface area (Å²) in [7, 11) is 0. The molecule has 0 saturated heterocycles. The smallest absolute Gasteiger partial charge is 0.243 e. The molecule has 1 rings (SSSR count). The van der Waals surface area contributed by atoms with Crippen LogP contribution in [0, 0.1) is 5.92 Å². The molecule has 1 aromatic rings. The quantitative estimate of drug-likeness (QED) is 0.755. The summed E-state index contributed by atoms with van der Waals surface area (Å²) in [4.78, 5) is 11.1. The Morgan fingerprint density at radius 1 is 1.38 bits per heavy atom. The first-order chi connectivity index (χ1) is 7.63. The molecule has 0 radical (unpaired) electrons. The molecule has 0 unspecified atom stereocenters. The topological polar surface area (TPSA) is 29.1 Å². The lowest BCUT2D eigenvalue weighted by Crippen LogP contribution is -2.20. The van der Waals surface area contributed by atoms with Crippen LogP contribution in [0.2, 0.25) is 0 Å². The fraction of sp³-hybridized carbons (Fsp3) is 0.357. The molecule has 16 heavy (non-hydrogen) atoms. The standard InChI is InChI=1S/C14H19NO/c1-4-14(16)15-10-13-8-6-5-7-12(13)9-11(2)3/h4-8,11H,1,9-10H2,2-3H3,(H,15,16). The van der Waals surface area contributed by atoms with Crippen molar-refractivity contribution in [1.29, 1.82) is 0 Å². The lowest BCUT2D eigenvalue weighted by molar-refractivity contribution is -0.116. The molecule has 2 heteroatoms. The lowest BCUT2D eigenvalue weighted by atomic mass is 9.98. The van der Waals surface area contributed by atoms with E-state index in [0.29, 0.717) is 12.5 Å². The minimum Gasteiger partial charge on any atom is -0.348 e. The van der Waals surface area contributed by atoms with E-state index in [1.165, 1.54) is 17.2 Å². The molecule has 0 aromatic heterocycles. The summed E-state index contributed by atoms with van der Waals surface area (Å²) in [5.74, 6) is 0.496. The van der Waals surface area contributed by atoms with Gasteiger partial charge in [0.1, 0.15) is 0 Å². The van der Waals surface area contributed by atoms with Gasteiger partial charge in [-0.25, -0.2) is 0 Å². The van der Waals surface area contributed by atoms with E-state index in [2.05, 4.69) is 37.9 Å². The van der Waals surface area contributed by atoms with Crippen molar-refractivity contribution < 1.29 is 4.79 Å². The van der Waals surface area contributed by atoms with E-state index in [1.807, 2.05) is 12.1 Å². The van der Waals surface area contributed by atoms with E-state index in [0.717, 1.165) is 6.42 Å². The second-order valence-electron chi connectivity index (χ2n) is 4.29. The van der Waals surface area contributed by atoms with Crippen LogP contribution in [-0.2, 0) is 17.8 Å². The molecule has 0 atom stereocenters. The van der Waals surface area contributed by atoms with Crippen molar-refractivity contribution in [2.75, 3.05) is 0 Å². The minimum absolute atomic E-state index is 0.126. The molecule has 1 aromatic carbocycles. The van der Waals surface area contributed by atoms with Crippen molar-refractivity contribution in [2.24, 2.45) is 5.92 Å². The van der Waals surface area contributed by atoms with E-state index in [1.54, 1.807) is 0 Å². The third kappa shape index (κ3) is 3.89. The van der Waals surface area contributed by atoms with E-state index in [-0.39, 0.29) is 5.91 Å². The maximum Gasteiger partial charge on any atom is 0.243 e. The molecule has 0 bridgehead atoms. The number of benzene rings is 1. The van der Waals surface area contributed by atoms with Gasteiger partial charge in [0, 0.05) is 6.54 Å². The van der Waals surface area contributed by atoms with Gasteiger partial charge in [0.05, 0.1) is 0 Å². The molecule has 0 fully saturated rings. The second-order valence-corrected chi connectivity index (χ2v) is 4.29. The van der Waals surface area contributed by atoms with Crippen LogP contribution in [0.4, 0.5) is 0 Å². The Bertz CT molecular complexity index is 369. The first-order valence-corrected chi connectivity index (χ1v) is 5.60. The normalized spacial score (nSPS) is 10.2. The van der Waals surface area contributed by atoms with Crippen LogP contribution in [0.25, 0.3) is 0 Å². The molecule has 0 heterocycles. The Morgan fingerprint density at radius 3 is 2.56 bits per heavy atom. The van der Waals surface area contributed by atoms with Gasteiger partial charge in [-0.1, -0.05) is 44.7 Å². The third-order valence-electron chi connectivity index (χ3n) is 2.39. The summed E-state index contributed by atoms with van der Waals surface area (Å²) < 4.78 is 0. The van der Waals surface area contributed by atoms with Crippen LogP contribution in [0.5, 0.6) is 0 Å². The molecule has 1 N–H and O–H groups in total. The SMILES string of the molecule is C=CC(=O)NCc1ccccc1CC(C)C. The predicted octanol–water partition coefficient (Wildman–Crippen LogP) is 2.69. The van der Waals surface area contributed by atoms with Crippen LogP contribution in [0.15, 0.2) is 36.9 Å². The van der Waals surface area contributed by atoms with Gasteiger partial charge in [-0.15, -0.1) is 0 Å². The predicted molar refractivity (Wildman–Crippen MR) is 67.0 cm³/mol. The lowest BCUT2D eigenvalue weighted by Gasteiger charge is -2.11. The van der Waals surface area contributed by atoms with E-state index < -0.39 is 0 Å². The Kier molecular flexibility index (Phi) is 4.77. The summed E-state index contributed by atoms with van der Waals surface area (Å²) in [6.45, 7) is 8.40. The zero-order chi connectivity index (χ0) is 12.0. The summed E-state index contributed by atoms with van der Waals surface area (Å²) in [6.07, 6.45) is 2.34. The van der Waals surface area contributed by atoms with Gasteiger partial charge >= 0.3 is 0 Å². The van der Waals surface area contributed by atoms with E-state index in [4.69, 9.17) is 0 Å². The van der Waals surface area contributed by atoms with Gasteiger partial charge in [-0.05, 0) is 29.5 Å². The van der Waals surface area contributed by atoms with E-state index in [9.17, 15) is 4.79 Å². The van der Waals surface area contributed by atoms with Crippen LogP contribution < -0.4 is 5.32 Å². The Balaban J connectivity index is 2.70. The highest BCUT2D eigenvalue weighted by Crippen LogP contribution is 2.13. The average Bonchev–Trinajstić information content (AvgIpc) is 2.26. The number of nitrogens with one attached hydrogen (secondary N) is 1. The van der Waals surface area contributed by atoms with Crippen molar-refractivity contribution in [3.63, 3.8) is 0 Å². The maximum absolute atomic E-state index is 11.1. The fourth-order valence-corrected chi connectivity index (χ4v) is 1.62. The van der Waals surface area contributed by atoms with Crippen LogP contribution in [0.1, 0.15) is 25.0 Å². The van der Waals surface area contributed by atoms with Crippen LogP contribution in [-0.4, -0.2) is 5.91 Å². The summed E-state index contributed by atoms with van der Waals surface area (Å²) in [5.41, 5.74) is 2.49. The van der Waals surface area contributed by atoms with Gasteiger partial charge in [0.15, 0.2) is 0 Å². The maximum atomic E-state index is 11.1. The molecule has 86 valence electrons. The van der Waals surface area contributed by atoms with Crippen molar-refractivity contribution in [2.45, 2.75) is 26.8 Å². The van der Waals surface area contributed by atoms with Gasteiger partial charge in [0.2, 0.25) is 5.91 Å². The van der Waals surface area contributed by atoms with Gasteiger partial charge in [-0.2, -0.15) is 0 Å². The molecule has 1 amide bonds. The van der Waals surface area contributed by atoms with Crippen molar-refractivity contribution in [3.05, 3.63) is 48.0 Å². The van der Waals surface area contributed by atoms with Crippen LogP contribution in [0.3, 0.4) is 0 Å². The number of rotatable bonds is 5. The molecular formula is C14H19NO. The highest BCUT2D eigenvalue weighted by molar-refractivity contribution is 5.86. The first kappa shape index (κ1) is 12.5. The Morgan fingerprint density at radius 2 is 2.00 bits per heavy atom. The zero-order valence-corrected chi connectivity index (χ0v) is 9.99. The Labute approximate surface area is 97.4 Å². The van der Waals surface area contributed by atoms with Gasteiger partial charge in [-0.3, -0.25) is 4.79 Å². The van der Waals surface area contributed by atoms with Crippen molar-refractivity contribution in [1.82, 2.24) is 5.32 Å². The Hall–Kier alpha value is -1.57. The molecule has 0 aliphatic rings. The first-order valence-electron chi connectivity index (χ1n) is 5.60. The molecule has 0 aliphatic carbocycles. The number of carbonyl (C=O) groups is 1. The highest BCUT2D eigenvalue weighted by atomic mass is 16.1. The molecule has 0 saturated carbocycles. The van der Waals surface area contributed by atoms with E-state index >= 15 is 0 Å². The highest BCUT2D eigenvalue weighted by Gasteiger charge is 2.04. The number of hydrogen-bond acceptors (Lipinski definition) is 1. The third-order valence-corrected chi connectivity index (χ3v) is 2.39. The molecular weight excluding hydrogens is 198 g/mol. The van der Waals surface area contributed by atoms with Crippen molar-refractivity contribution in [3.8, 4) is 0 Å². The molecule has 0 aliphatic heterocycles. The van der Waals surface area contributed by atoms with Crippen LogP contribution >= 0.6 is 0 Å². The summed E-state index contributed by atoms with van der Waals surface area (Å²) in [5, 5.41) is 2.81. The fourth-order valence-electron chi connectivity index (χ4n) is 1.62. The number of hydrogen-bond donors (Lipinski definition) is 1. The summed E-state index contributed by atoms with van der Waals surface area (Å²) >= 11 is 0. The molecule has 2 nitrogen and oxygen atoms in total. The number of amides is 1.